The highest BCUT2D eigenvalue weighted by atomic mass is 15.3. The van der Waals surface area contributed by atoms with Gasteiger partial charge in [0.1, 0.15) is 0 Å². The van der Waals surface area contributed by atoms with Gasteiger partial charge in [-0.2, -0.15) is 15.2 Å². The minimum absolute atomic E-state index is 0.279. The molecule has 1 aliphatic heterocycles. The van der Waals surface area contributed by atoms with E-state index >= 15 is 0 Å². The molecule has 0 saturated carbocycles. The van der Waals surface area contributed by atoms with Crippen LogP contribution in [0.1, 0.15) is 17.7 Å². The highest BCUT2D eigenvalue weighted by molar-refractivity contribution is 5.83. The molecule has 1 atom stereocenters. The van der Waals surface area contributed by atoms with Gasteiger partial charge in [-0.3, -0.25) is 9.58 Å². The Morgan fingerprint density at radius 3 is 3.00 bits per heavy atom. The van der Waals surface area contributed by atoms with Crippen LogP contribution in [0.2, 0.25) is 0 Å². The van der Waals surface area contributed by atoms with Crippen molar-refractivity contribution in [2.45, 2.75) is 25.9 Å². The summed E-state index contributed by atoms with van der Waals surface area (Å²) in [6.07, 6.45) is 6.69. The van der Waals surface area contributed by atoms with E-state index in [-0.39, 0.29) is 6.04 Å². The van der Waals surface area contributed by atoms with Crippen LogP contribution in [0.4, 0.5) is 11.6 Å². The zero-order chi connectivity index (χ0) is 20.7. The van der Waals surface area contributed by atoms with Gasteiger partial charge in [0.25, 0.3) is 0 Å². The van der Waals surface area contributed by atoms with Crippen molar-refractivity contribution < 1.29 is 0 Å². The van der Waals surface area contributed by atoms with Crippen LogP contribution in [-0.4, -0.2) is 53.6 Å². The molecule has 0 aliphatic carbocycles. The van der Waals surface area contributed by atoms with E-state index in [9.17, 15) is 0 Å². The van der Waals surface area contributed by atoms with Gasteiger partial charge in [-0.25, -0.2) is 9.67 Å². The van der Waals surface area contributed by atoms with Crippen LogP contribution in [0.3, 0.4) is 0 Å². The van der Waals surface area contributed by atoms with Crippen LogP contribution in [0.25, 0.3) is 16.7 Å². The number of anilines is 2. The smallest absolute Gasteiger partial charge is 0.229 e. The molecular formula is C21H25N9. The minimum Gasteiger partial charge on any atom is -0.326 e. The lowest BCUT2D eigenvalue weighted by atomic mass is 10.2. The average Bonchev–Trinajstić information content (AvgIpc) is 3.42. The van der Waals surface area contributed by atoms with E-state index in [1.807, 2.05) is 60.0 Å². The van der Waals surface area contributed by atoms with Gasteiger partial charge in [-0.1, -0.05) is 0 Å². The van der Waals surface area contributed by atoms with E-state index in [0.29, 0.717) is 5.95 Å². The number of hydrogen-bond acceptors (Lipinski definition) is 7. The number of hydrogen-bond donors (Lipinski definition) is 2. The molecule has 0 bridgehead atoms. The summed E-state index contributed by atoms with van der Waals surface area (Å²) in [7, 11) is 1.93. The summed E-state index contributed by atoms with van der Waals surface area (Å²) < 4.78 is 3.67. The summed E-state index contributed by atoms with van der Waals surface area (Å²) >= 11 is 0. The van der Waals surface area contributed by atoms with Crippen molar-refractivity contribution in [3.05, 3.63) is 54.1 Å². The van der Waals surface area contributed by atoms with Gasteiger partial charge >= 0.3 is 0 Å². The average molecular weight is 403 g/mol. The van der Waals surface area contributed by atoms with Crippen molar-refractivity contribution in [1.29, 1.82) is 0 Å². The number of fused-ring (bicyclic) bond motifs is 1. The SMILES string of the molecule is Cc1nn(-c2ccnc(Nc3ccc4c(cnn4C)c3)n2)cc1CN1CC[C@@H](N)C1. The van der Waals surface area contributed by atoms with Crippen LogP contribution in [-0.2, 0) is 13.6 Å². The normalized spacial score (nSPS) is 17.1. The number of aromatic nitrogens is 6. The van der Waals surface area contributed by atoms with Gasteiger partial charge < -0.3 is 11.1 Å². The number of nitrogens with two attached hydrogens (primary N) is 1. The van der Waals surface area contributed by atoms with E-state index < -0.39 is 0 Å². The number of nitrogens with zero attached hydrogens (tertiary/aromatic N) is 7. The molecule has 1 saturated heterocycles. The zero-order valence-corrected chi connectivity index (χ0v) is 17.2. The van der Waals surface area contributed by atoms with Gasteiger partial charge in [0.2, 0.25) is 5.95 Å². The maximum absolute atomic E-state index is 6.03. The molecule has 5 rings (SSSR count). The highest BCUT2D eigenvalue weighted by Crippen LogP contribution is 2.21. The van der Waals surface area contributed by atoms with Crippen LogP contribution in [0.15, 0.2) is 42.9 Å². The van der Waals surface area contributed by atoms with Crippen LogP contribution in [0.5, 0.6) is 0 Å². The second-order valence-electron chi connectivity index (χ2n) is 7.87. The standard InChI is InChI=1S/C21H25N9/c1-14-16(11-29-8-6-17(22)13-29)12-30(27-14)20-5-7-23-21(26-20)25-18-3-4-19-15(9-18)10-24-28(19)2/h3-5,7,9-10,12,17H,6,8,11,13,22H2,1-2H3,(H,23,25,26)/t17-/m1/s1. The molecule has 4 aromatic rings. The number of aryl methyl sites for hydroxylation is 2. The Kier molecular flexibility index (Phi) is 4.68. The van der Waals surface area contributed by atoms with Crippen molar-refractivity contribution >= 4 is 22.5 Å². The first kappa shape index (κ1) is 18.7. The molecule has 9 nitrogen and oxygen atoms in total. The number of likely N-dealkylation sites (tertiary alicyclic amines) is 1. The Balaban J connectivity index is 1.36. The lowest BCUT2D eigenvalue weighted by Crippen LogP contribution is -2.26. The Morgan fingerprint density at radius 2 is 2.17 bits per heavy atom. The first-order chi connectivity index (χ1) is 14.5. The molecule has 30 heavy (non-hydrogen) atoms. The maximum atomic E-state index is 6.03. The largest absolute Gasteiger partial charge is 0.326 e. The van der Waals surface area contributed by atoms with Crippen molar-refractivity contribution in [2.75, 3.05) is 18.4 Å². The van der Waals surface area contributed by atoms with Crippen LogP contribution >= 0.6 is 0 Å². The van der Waals surface area contributed by atoms with Crippen molar-refractivity contribution in [3.63, 3.8) is 0 Å². The summed E-state index contributed by atoms with van der Waals surface area (Å²) in [5, 5.41) is 13.3. The fraction of sp³-hybridized carbons (Fsp3) is 0.333. The lowest BCUT2D eigenvalue weighted by molar-refractivity contribution is 0.326. The van der Waals surface area contributed by atoms with Gasteiger partial charge in [-0.15, -0.1) is 0 Å². The highest BCUT2D eigenvalue weighted by Gasteiger charge is 2.20. The summed E-state index contributed by atoms with van der Waals surface area (Å²) in [5.74, 6) is 1.25. The molecule has 3 aromatic heterocycles. The first-order valence-electron chi connectivity index (χ1n) is 10.1. The number of benzene rings is 1. The quantitative estimate of drug-likeness (QED) is 0.526. The third-order valence-electron chi connectivity index (χ3n) is 5.58. The lowest BCUT2D eigenvalue weighted by Gasteiger charge is -2.13. The molecule has 0 spiro atoms. The molecule has 0 unspecified atom stereocenters. The van der Waals surface area contributed by atoms with E-state index in [0.717, 1.165) is 54.2 Å². The Morgan fingerprint density at radius 1 is 1.27 bits per heavy atom. The second-order valence-corrected chi connectivity index (χ2v) is 7.87. The topological polar surface area (TPSA) is 103 Å². The molecule has 4 heterocycles. The fourth-order valence-corrected chi connectivity index (χ4v) is 3.92. The summed E-state index contributed by atoms with van der Waals surface area (Å²) in [6, 6.07) is 8.20. The fourth-order valence-electron chi connectivity index (χ4n) is 3.92. The third kappa shape index (κ3) is 3.64. The molecule has 9 heteroatoms. The van der Waals surface area contributed by atoms with Gasteiger partial charge in [0, 0.05) is 67.8 Å². The third-order valence-corrected chi connectivity index (χ3v) is 5.58. The van der Waals surface area contributed by atoms with E-state index in [1.54, 1.807) is 6.20 Å². The van der Waals surface area contributed by atoms with E-state index in [4.69, 9.17) is 5.73 Å². The van der Waals surface area contributed by atoms with E-state index in [1.165, 1.54) is 5.56 Å². The molecule has 1 aromatic carbocycles. The predicted octanol–water partition coefficient (Wildman–Crippen LogP) is 2.13. The molecule has 0 radical (unpaired) electrons. The molecule has 0 amide bonds. The number of rotatable bonds is 5. The summed E-state index contributed by atoms with van der Waals surface area (Å²) in [6.45, 7) is 4.87. The monoisotopic (exact) mass is 403 g/mol. The molecule has 3 N–H and O–H groups in total. The molecule has 1 aliphatic rings. The van der Waals surface area contributed by atoms with Crippen LogP contribution in [0, 0.1) is 6.92 Å². The summed E-state index contributed by atoms with van der Waals surface area (Å²) in [4.78, 5) is 11.4. The van der Waals surface area contributed by atoms with Crippen molar-refractivity contribution in [2.24, 2.45) is 12.8 Å². The Bertz CT molecular complexity index is 1190. The minimum atomic E-state index is 0.279. The molecular weight excluding hydrogens is 378 g/mol. The van der Waals surface area contributed by atoms with Crippen LogP contribution < -0.4 is 11.1 Å². The first-order valence-corrected chi connectivity index (χ1v) is 10.1. The van der Waals surface area contributed by atoms with E-state index in [2.05, 4.69) is 30.4 Å². The molecule has 154 valence electrons. The number of nitrogens with one attached hydrogen (secondary N) is 1. The summed E-state index contributed by atoms with van der Waals surface area (Å²) in [5.41, 5.74) is 10.2. The predicted molar refractivity (Wildman–Crippen MR) is 116 cm³/mol. The van der Waals surface area contributed by atoms with Gasteiger partial charge in [0.15, 0.2) is 5.82 Å². The maximum Gasteiger partial charge on any atom is 0.229 e. The van der Waals surface area contributed by atoms with Gasteiger partial charge in [-0.05, 0) is 31.5 Å². The Labute approximate surface area is 174 Å². The Hall–Kier alpha value is -3.30. The van der Waals surface area contributed by atoms with Gasteiger partial charge in [0.05, 0.1) is 17.4 Å². The van der Waals surface area contributed by atoms with Crippen molar-refractivity contribution in [3.8, 4) is 5.82 Å². The molecule has 1 fully saturated rings. The zero-order valence-electron chi connectivity index (χ0n) is 17.2. The second kappa shape index (κ2) is 7.51. The van der Waals surface area contributed by atoms with Crippen molar-refractivity contribution in [1.82, 2.24) is 34.4 Å².